The lowest BCUT2D eigenvalue weighted by molar-refractivity contribution is 0.0692. The van der Waals surface area contributed by atoms with Gasteiger partial charge >= 0.3 is 0 Å². The van der Waals surface area contributed by atoms with Crippen LogP contribution < -0.4 is 0 Å². The molecule has 5 nitrogen and oxygen atoms in total. The Morgan fingerprint density at radius 2 is 1.72 bits per heavy atom. The van der Waals surface area contributed by atoms with E-state index in [9.17, 15) is 14.4 Å². The molecule has 2 aromatic carbocycles. The van der Waals surface area contributed by atoms with Crippen molar-refractivity contribution in [3.8, 4) is 0 Å². The minimum absolute atomic E-state index is 0.0574. The summed E-state index contributed by atoms with van der Waals surface area (Å²) in [7, 11) is 1.46. The number of hydrogen-bond acceptors (Lipinski definition) is 3. The van der Waals surface area contributed by atoms with E-state index in [1.54, 1.807) is 18.2 Å². The molecule has 1 atom stereocenters. The molecule has 0 N–H and O–H groups in total. The second kappa shape index (κ2) is 5.84. The number of imide groups is 1. The molecule has 0 unspecified atom stereocenters. The van der Waals surface area contributed by atoms with E-state index in [1.807, 2.05) is 35.2 Å². The summed E-state index contributed by atoms with van der Waals surface area (Å²) in [6.07, 6.45) is 1.89. The van der Waals surface area contributed by atoms with E-state index in [2.05, 4.69) is 0 Å². The first-order valence-corrected chi connectivity index (χ1v) is 8.40. The van der Waals surface area contributed by atoms with Gasteiger partial charge in [-0.3, -0.25) is 19.3 Å². The van der Waals surface area contributed by atoms with Crippen molar-refractivity contribution in [2.45, 2.75) is 18.9 Å². The topological polar surface area (TPSA) is 57.7 Å². The molecule has 0 radical (unpaired) electrons. The molecule has 2 aliphatic rings. The Morgan fingerprint density at radius 1 is 1.00 bits per heavy atom. The Kier molecular flexibility index (Phi) is 3.64. The fourth-order valence-electron chi connectivity index (χ4n) is 3.69. The molecule has 1 saturated heterocycles. The molecule has 126 valence electrons. The van der Waals surface area contributed by atoms with Gasteiger partial charge in [0.1, 0.15) is 0 Å². The zero-order valence-electron chi connectivity index (χ0n) is 13.9. The number of fused-ring (bicyclic) bond motifs is 1. The summed E-state index contributed by atoms with van der Waals surface area (Å²) in [5, 5.41) is 0. The Hall–Kier alpha value is -2.95. The Morgan fingerprint density at radius 3 is 2.48 bits per heavy atom. The van der Waals surface area contributed by atoms with Gasteiger partial charge in [-0.25, -0.2) is 0 Å². The van der Waals surface area contributed by atoms with Crippen LogP contribution in [0.2, 0.25) is 0 Å². The summed E-state index contributed by atoms with van der Waals surface area (Å²) < 4.78 is 0. The van der Waals surface area contributed by atoms with Crippen molar-refractivity contribution in [2.75, 3.05) is 13.6 Å². The lowest BCUT2D eigenvalue weighted by Crippen LogP contribution is -2.30. The minimum Gasteiger partial charge on any atom is -0.332 e. The maximum absolute atomic E-state index is 13.0. The van der Waals surface area contributed by atoms with Crippen LogP contribution in [0, 0.1) is 0 Å². The Labute approximate surface area is 145 Å². The largest absolute Gasteiger partial charge is 0.332 e. The number of benzene rings is 2. The lowest BCUT2D eigenvalue weighted by Gasteiger charge is -2.25. The van der Waals surface area contributed by atoms with Gasteiger partial charge in [-0.05, 0) is 36.6 Å². The highest BCUT2D eigenvalue weighted by atomic mass is 16.2. The van der Waals surface area contributed by atoms with Crippen molar-refractivity contribution in [3.63, 3.8) is 0 Å². The third kappa shape index (κ3) is 2.43. The van der Waals surface area contributed by atoms with Gasteiger partial charge < -0.3 is 4.90 Å². The molecule has 0 aliphatic carbocycles. The molecule has 0 bridgehead atoms. The molecule has 2 aromatic rings. The van der Waals surface area contributed by atoms with E-state index in [-0.39, 0.29) is 23.8 Å². The maximum Gasteiger partial charge on any atom is 0.261 e. The minimum atomic E-state index is -0.351. The molecule has 5 heteroatoms. The van der Waals surface area contributed by atoms with E-state index in [1.165, 1.54) is 7.05 Å². The zero-order valence-corrected chi connectivity index (χ0v) is 13.9. The highest BCUT2D eigenvalue weighted by Gasteiger charge is 2.35. The first-order valence-electron chi connectivity index (χ1n) is 8.40. The van der Waals surface area contributed by atoms with Crippen molar-refractivity contribution >= 4 is 17.7 Å². The average molecular weight is 334 g/mol. The zero-order chi connectivity index (χ0) is 17.6. The van der Waals surface area contributed by atoms with Gasteiger partial charge in [0.15, 0.2) is 0 Å². The highest BCUT2D eigenvalue weighted by Crippen LogP contribution is 2.33. The van der Waals surface area contributed by atoms with Gasteiger partial charge in [-0.2, -0.15) is 0 Å². The molecule has 0 aromatic heterocycles. The summed E-state index contributed by atoms with van der Waals surface area (Å²) >= 11 is 0. The van der Waals surface area contributed by atoms with E-state index in [4.69, 9.17) is 0 Å². The van der Waals surface area contributed by atoms with Gasteiger partial charge in [-0.15, -0.1) is 0 Å². The molecule has 0 spiro atoms. The molecular weight excluding hydrogens is 316 g/mol. The molecular formula is C20H18N2O3. The van der Waals surface area contributed by atoms with Crippen molar-refractivity contribution in [1.82, 2.24) is 9.80 Å². The van der Waals surface area contributed by atoms with Crippen LogP contribution in [0.15, 0.2) is 48.5 Å². The number of hydrogen-bond donors (Lipinski definition) is 0. The number of amides is 3. The molecule has 2 heterocycles. The van der Waals surface area contributed by atoms with Crippen molar-refractivity contribution in [3.05, 3.63) is 70.8 Å². The maximum atomic E-state index is 13.0. The third-order valence-electron chi connectivity index (χ3n) is 5.03. The van der Waals surface area contributed by atoms with Gasteiger partial charge in [-0.1, -0.05) is 30.3 Å². The van der Waals surface area contributed by atoms with Crippen LogP contribution in [0.5, 0.6) is 0 Å². The van der Waals surface area contributed by atoms with Gasteiger partial charge in [0.2, 0.25) is 0 Å². The van der Waals surface area contributed by atoms with Crippen LogP contribution in [-0.2, 0) is 0 Å². The van der Waals surface area contributed by atoms with Crippen LogP contribution in [-0.4, -0.2) is 41.1 Å². The number of nitrogens with zero attached hydrogens (tertiary/aromatic N) is 2. The number of likely N-dealkylation sites (tertiary alicyclic amines) is 1. The second-order valence-electron chi connectivity index (χ2n) is 6.50. The van der Waals surface area contributed by atoms with Crippen molar-refractivity contribution in [1.29, 1.82) is 0 Å². The highest BCUT2D eigenvalue weighted by molar-refractivity contribution is 6.21. The molecule has 2 aliphatic heterocycles. The fourth-order valence-corrected chi connectivity index (χ4v) is 3.69. The SMILES string of the molecule is CN1C(=O)c2ccc(C(=O)N3CCC[C@@H]3c3ccccc3)cc2C1=O. The predicted molar refractivity (Wildman–Crippen MR) is 92.3 cm³/mol. The Balaban J connectivity index is 1.66. The predicted octanol–water partition coefficient (Wildman–Crippen LogP) is 2.89. The molecule has 4 rings (SSSR count). The summed E-state index contributed by atoms with van der Waals surface area (Å²) in [6.45, 7) is 0.697. The molecule has 1 fully saturated rings. The van der Waals surface area contributed by atoms with Crippen LogP contribution in [0.25, 0.3) is 0 Å². The fraction of sp³-hybridized carbons (Fsp3) is 0.250. The van der Waals surface area contributed by atoms with E-state index < -0.39 is 0 Å². The van der Waals surface area contributed by atoms with Crippen molar-refractivity contribution in [2.24, 2.45) is 0 Å². The molecule has 25 heavy (non-hydrogen) atoms. The summed E-state index contributed by atoms with van der Waals surface area (Å²) in [5.41, 5.74) is 2.26. The summed E-state index contributed by atoms with van der Waals surface area (Å²) in [4.78, 5) is 40.1. The van der Waals surface area contributed by atoms with Crippen LogP contribution in [0.3, 0.4) is 0 Å². The van der Waals surface area contributed by atoms with Crippen LogP contribution >= 0.6 is 0 Å². The third-order valence-corrected chi connectivity index (χ3v) is 5.03. The van der Waals surface area contributed by atoms with Crippen LogP contribution in [0.4, 0.5) is 0 Å². The van der Waals surface area contributed by atoms with E-state index in [0.29, 0.717) is 23.2 Å². The molecule has 3 amide bonds. The van der Waals surface area contributed by atoms with E-state index >= 15 is 0 Å². The smallest absolute Gasteiger partial charge is 0.261 e. The van der Waals surface area contributed by atoms with Crippen LogP contribution in [0.1, 0.15) is 55.5 Å². The average Bonchev–Trinajstić information content (AvgIpc) is 3.22. The second-order valence-corrected chi connectivity index (χ2v) is 6.50. The monoisotopic (exact) mass is 334 g/mol. The van der Waals surface area contributed by atoms with E-state index in [0.717, 1.165) is 23.3 Å². The molecule has 0 saturated carbocycles. The number of rotatable bonds is 2. The van der Waals surface area contributed by atoms with Gasteiger partial charge in [0, 0.05) is 19.2 Å². The summed E-state index contributed by atoms with van der Waals surface area (Å²) in [5.74, 6) is -0.762. The Bertz CT molecular complexity index is 876. The first kappa shape index (κ1) is 15.6. The van der Waals surface area contributed by atoms with Gasteiger partial charge in [0.05, 0.1) is 17.2 Å². The number of carbonyl (C=O) groups excluding carboxylic acids is 3. The summed E-state index contributed by atoms with van der Waals surface area (Å²) in [6, 6.07) is 14.8. The van der Waals surface area contributed by atoms with Gasteiger partial charge in [0.25, 0.3) is 17.7 Å². The standard InChI is InChI=1S/C20H18N2O3/c1-21-19(24)15-10-9-14(12-16(15)20(21)25)18(23)22-11-5-8-17(22)13-6-3-2-4-7-13/h2-4,6-7,9-10,12,17H,5,8,11H2,1H3/t17-/m1/s1. The normalized spacial score (nSPS) is 19.5. The lowest BCUT2D eigenvalue weighted by atomic mass is 10.0. The first-order chi connectivity index (χ1) is 12.1. The number of carbonyl (C=O) groups is 3. The quantitative estimate of drug-likeness (QED) is 0.794. The van der Waals surface area contributed by atoms with Crippen molar-refractivity contribution < 1.29 is 14.4 Å².